The first kappa shape index (κ1) is 25.5. The molecule has 1 heterocycles. The number of urea groups is 1. The third-order valence-corrected chi connectivity index (χ3v) is 5.32. The fraction of sp³-hybridized carbons (Fsp3) is 0.222. The molecule has 0 radical (unpaired) electrons. The molecule has 0 unspecified atom stereocenters. The number of anilines is 2. The van der Waals surface area contributed by atoms with Gasteiger partial charge in [-0.05, 0) is 79.7 Å². The number of ether oxygens (including phenoxy) is 4. The van der Waals surface area contributed by atoms with Gasteiger partial charge in [-0.1, -0.05) is 0 Å². The van der Waals surface area contributed by atoms with E-state index < -0.39 is 0 Å². The fourth-order valence-electron chi connectivity index (χ4n) is 3.45. The van der Waals surface area contributed by atoms with Gasteiger partial charge < -0.3 is 29.6 Å². The van der Waals surface area contributed by atoms with Gasteiger partial charge in [0, 0.05) is 23.5 Å². The van der Waals surface area contributed by atoms with Crippen LogP contribution in [0.4, 0.5) is 16.2 Å². The lowest BCUT2D eigenvalue weighted by Gasteiger charge is -2.10. The predicted octanol–water partition coefficient (Wildman–Crippen LogP) is 5.01. The number of nitrogens with zero attached hydrogens (tertiary/aromatic N) is 3. The van der Waals surface area contributed by atoms with Gasteiger partial charge in [0.2, 0.25) is 0 Å². The van der Waals surface area contributed by atoms with E-state index in [1.165, 1.54) is 0 Å². The molecule has 0 aliphatic heterocycles. The molecular weight excluding hydrogens is 474 g/mol. The van der Waals surface area contributed by atoms with Crippen LogP contribution in [0.3, 0.4) is 0 Å². The summed E-state index contributed by atoms with van der Waals surface area (Å²) in [4.78, 5) is 17.0. The molecule has 4 aromatic rings. The normalized spacial score (nSPS) is 10.6. The topological polar surface area (TPSA) is 109 Å². The summed E-state index contributed by atoms with van der Waals surface area (Å²) in [7, 11) is 3.21. The summed E-state index contributed by atoms with van der Waals surface area (Å²) in [6.07, 6.45) is 0. The summed E-state index contributed by atoms with van der Waals surface area (Å²) in [5.41, 5.74) is 2.86. The number of carbonyl (C=O) groups excluding carboxylic acids is 1. The van der Waals surface area contributed by atoms with E-state index >= 15 is 0 Å². The number of hydrogen-bond donors (Lipinski definition) is 2. The average molecular weight is 504 g/mol. The largest absolute Gasteiger partial charge is 0.497 e. The van der Waals surface area contributed by atoms with Crippen LogP contribution in [0.5, 0.6) is 17.5 Å². The van der Waals surface area contributed by atoms with Gasteiger partial charge in [-0.3, -0.25) is 0 Å². The first-order chi connectivity index (χ1) is 18.1. The van der Waals surface area contributed by atoms with Crippen LogP contribution in [-0.2, 0) is 4.74 Å². The van der Waals surface area contributed by atoms with E-state index in [9.17, 15) is 4.79 Å². The minimum absolute atomic E-state index is 0.242. The Kier molecular flexibility index (Phi) is 8.56. The van der Waals surface area contributed by atoms with E-state index in [0.717, 1.165) is 17.0 Å². The van der Waals surface area contributed by atoms with Gasteiger partial charge >= 0.3 is 12.0 Å². The Hall–Kier alpha value is -4.57. The Morgan fingerprint density at radius 1 is 0.811 bits per heavy atom. The maximum absolute atomic E-state index is 12.4. The Morgan fingerprint density at radius 2 is 1.38 bits per heavy atom. The SMILES string of the molecule is CCOCCOc1nc(-c2ccc(OC)cc2)n(-c2ccc(NC(=O)Nc3ccc(OC)cc3)cc2)n1. The van der Waals surface area contributed by atoms with E-state index in [0.29, 0.717) is 42.8 Å². The molecule has 0 aliphatic carbocycles. The summed E-state index contributed by atoms with van der Waals surface area (Å²) in [5, 5.41) is 10.2. The van der Waals surface area contributed by atoms with Crippen LogP contribution in [0, 0.1) is 0 Å². The third-order valence-electron chi connectivity index (χ3n) is 5.32. The highest BCUT2D eigenvalue weighted by atomic mass is 16.5. The molecule has 0 fully saturated rings. The summed E-state index contributed by atoms with van der Waals surface area (Å²) in [6, 6.07) is 21.8. The number of hydrogen-bond acceptors (Lipinski definition) is 7. The number of carbonyl (C=O) groups is 1. The van der Waals surface area contributed by atoms with Gasteiger partial charge in [-0.25, -0.2) is 9.48 Å². The van der Waals surface area contributed by atoms with E-state index in [4.69, 9.17) is 18.9 Å². The molecule has 4 rings (SSSR count). The van der Waals surface area contributed by atoms with Crippen LogP contribution in [0.25, 0.3) is 17.1 Å². The van der Waals surface area contributed by atoms with E-state index in [-0.39, 0.29) is 12.0 Å². The molecule has 10 heteroatoms. The van der Waals surface area contributed by atoms with Crippen LogP contribution in [0.1, 0.15) is 6.92 Å². The fourth-order valence-corrected chi connectivity index (χ4v) is 3.45. The number of rotatable bonds is 11. The van der Waals surface area contributed by atoms with Crippen LogP contribution in [-0.4, -0.2) is 54.8 Å². The number of aromatic nitrogens is 3. The summed E-state index contributed by atoms with van der Waals surface area (Å²) < 4.78 is 23.1. The standard InChI is InChI=1S/C27H29N5O5/c1-4-36-17-18-37-27-30-25(19-5-13-23(34-2)14-6-19)32(31-27)22-11-7-20(8-12-22)28-26(33)29-21-9-15-24(35-3)16-10-21/h5-16H,4,17-18H2,1-3H3,(H2,28,29,33). The van der Waals surface area contributed by atoms with Gasteiger partial charge in [-0.2, -0.15) is 4.98 Å². The molecule has 1 aromatic heterocycles. The van der Waals surface area contributed by atoms with Gasteiger partial charge in [0.05, 0.1) is 26.5 Å². The molecule has 3 aromatic carbocycles. The Bertz CT molecular complexity index is 1290. The van der Waals surface area contributed by atoms with Crippen LogP contribution < -0.4 is 24.8 Å². The second-order valence-electron chi connectivity index (χ2n) is 7.76. The summed E-state index contributed by atoms with van der Waals surface area (Å²) >= 11 is 0. The van der Waals surface area contributed by atoms with Crippen LogP contribution >= 0.6 is 0 Å². The highest BCUT2D eigenvalue weighted by Crippen LogP contribution is 2.26. The molecule has 0 saturated heterocycles. The van der Waals surface area contributed by atoms with Crippen molar-refractivity contribution >= 4 is 17.4 Å². The molecule has 0 saturated carbocycles. The zero-order chi connectivity index (χ0) is 26.0. The highest BCUT2D eigenvalue weighted by Gasteiger charge is 2.15. The minimum atomic E-state index is -0.359. The minimum Gasteiger partial charge on any atom is -0.497 e. The van der Waals surface area contributed by atoms with Gasteiger partial charge in [0.25, 0.3) is 0 Å². The van der Waals surface area contributed by atoms with Crippen molar-refractivity contribution in [2.45, 2.75) is 6.92 Å². The van der Waals surface area contributed by atoms with Crippen LogP contribution in [0.15, 0.2) is 72.8 Å². The van der Waals surface area contributed by atoms with E-state index in [1.54, 1.807) is 55.3 Å². The highest BCUT2D eigenvalue weighted by molar-refractivity contribution is 5.99. The van der Waals surface area contributed by atoms with Crippen molar-refractivity contribution in [2.24, 2.45) is 0 Å². The zero-order valence-corrected chi connectivity index (χ0v) is 20.9. The van der Waals surface area contributed by atoms with Gasteiger partial charge in [0.1, 0.15) is 18.1 Å². The van der Waals surface area contributed by atoms with Crippen molar-refractivity contribution in [3.05, 3.63) is 72.8 Å². The first-order valence-corrected chi connectivity index (χ1v) is 11.7. The molecule has 0 bridgehead atoms. The van der Waals surface area contributed by atoms with Crippen LogP contribution in [0.2, 0.25) is 0 Å². The Labute approximate surface area is 215 Å². The molecule has 37 heavy (non-hydrogen) atoms. The third kappa shape index (κ3) is 6.77. The smallest absolute Gasteiger partial charge is 0.336 e. The van der Waals surface area contributed by atoms with E-state index in [1.807, 2.05) is 43.3 Å². The number of methoxy groups -OCH3 is 2. The molecule has 2 N–H and O–H groups in total. The lowest BCUT2D eigenvalue weighted by Crippen LogP contribution is -2.19. The average Bonchev–Trinajstić information content (AvgIpc) is 3.36. The number of amides is 2. The predicted molar refractivity (Wildman–Crippen MR) is 141 cm³/mol. The van der Waals surface area contributed by atoms with Gasteiger partial charge in [-0.15, -0.1) is 5.10 Å². The monoisotopic (exact) mass is 503 g/mol. The second kappa shape index (κ2) is 12.4. The number of benzene rings is 3. The lowest BCUT2D eigenvalue weighted by atomic mass is 10.2. The zero-order valence-electron chi connectivity index (χ0n) is 20.9. The van der Waals surface area contributed by atoms with Crippen molar-refractivity contribution in [2.75, 3.05) is 44.7 Å². The van der Waals surface area contributed by atoms with Gasteiger partial charge in [0.15, 0.2) is 5.82 Å². The van der Waals surface area contributed by atoms with Crippen molar-refractivity contribution in [1.82, 2.24) is 14.8 Å². The molecule has 0 atom stereocenters. The molecule has 2 amide bonds. The van der Waals surface area contributed by atoms with Crippen molar-refractivity contribution < 1.29 is 23.7 Å². The maximum Gasteiger partial charge on any atom is 0.336 e. The van der Waals surface area contributed by atoms with Crippen molar-refractivity contribution in [3.63, 3.8) is 0 Å². The Balaban J connectivity index is 1.50. The van der Waals surface area contributed by atoms with Crippen molar-refractivity contribution in [1.29, 1.82) is 0 Å². The van der Waals surface area contributed by atoms with E-state index in [2.05, 4.69) is 20.7 Å². The first-order valence-electron chi connectivity index (χ1n) is 11.7. The molecular formula is C27H29N5O5. The maximum atomic E-state index is 12.4. The second-order valence-corrected chi connectivity index (χ2v) is 7.76. The molecule has 10 nitrogen and oxygen atoms in total. The Morgan fingerprint density at radius 3 is 1.95 bits per heavy atom. The molecule has 0 aliphatic rings. The summed E-state index contributed by atoms with van der Waals surface area (Å²) in [6.45, 7) is 3.32. The molecule has 0 spiro atoms. The lowest BCUT2D eigenvalue weighted by molar-refractivity contribution is 0.106. The molecule has 192 valence electrons. The summed E-state index contributed by atoms with van der Waals surface area (Å²) in [5.74, 6) is 2.06. The number of nitrogens with one attached hydrogen (secondary N) is 2. The van der Waals surface area contributed by atoms with Crippen molar-refractivity contribution in [3.8, 4) is 34.6 Å². The quantitative estimate of drug-likeness (QED) is 0.277.